The molecule has 2 unspecified atom stereocenters. The maximum absolute atomic E-state index is 11.6. The van der Waals surface area contributed by atoms with Crippen LogP contribution in [0.3, 0.4) is 0 Å². The van der Waals surface area contributed by atoms with Gasteiger partial charge in [-0.1, -0.05) is 0 Å². The molecule has 0 aliphatic carbocycles. The van der Waals surface area contributed by atoms with Crippen molar-refractivity contribution in [3.8, 4) is 0 Å². The molecule has 0 spiro atoms. The topological polar surface area (TPSA) is 53.6 Å². The Labute approximate surface area is 119 Å². The van der Waals surface area contributed by atoms with E-state index in [1.165, 1.54) is 0 Å². The van der Waals surface area contributed by atoms with Crippen molar-refractivity contribution in [2.24, 2.45) is 0 Å². The number of carbonyl (C=O) groups excluding carboxylic acids is 1. The summed E-state index contributed by atoms with van der Waals surface area (Å²) in [6.07, 6.45) is 2.41. The number of nitrogens with zero attached hydrogens (tertiary/aromatic N) is 1. The zero-order valence-electron chi connectivity index (χ0n) is 11.8. The fourth-order valence-corrected chi connectivity index (χ4v) is 2.82. The number of anilines is 2. The number of hydrogen-bond donors (Lipinski definition) is 2. The molecule has 2 heterocycles. The quantitative estimate of drug-likeness (QED) is 0.889. The average molecular weight is 275 g/mol. The first-order chi connectivity index (χ1) is 9.72. The zero-order valence-corrected chi connectivity index (χ0v) is 11.8. The van der Waals surface area contributed by atoms with Gasteiger partial charge in [-0.05, 0) is 44.0 Å². The molecule has 2 atom stereocenters. The Kier molecular flexibility index (Phi) is 3.78. The van der Waals surface area contributed by atoms with Gasteiger partial charge in [-0.2, -0.15) is 0 Å². The lowest BCUT2D eigenvalue weighted by molar-refractivity contribution is 0.0232. The molecule has 108 valence electrons. The minimum absolute atomic E-state index is 0.0102. The van der Waals surface area contributed by atoms with Gasteiger partial charge in [0.1, 0.15) is 0 Å². The van der Waals surface area contributed by atoms with Crippen LogP contribution in [0, 0.1) is 0 Å². The molecule has 2 aliphatic rings. The van der Waals surface area contributed by atoms with Crippen molar-refractivity contribution in [3.05, 3.63) is 24.3 Å². The Morgan fingerprint density at radius 1 is 1.35 bits per heavy atom. The van der Waals surface area contributed by atoms with Crippen LogP contribution < -0.4 is 15.5 Å². The summed E-state index contributed by atoms with van der Waals surface area (Å²) in [7, 11) is 0. The number of carbonyl (C=O) groups is 1. The van der Waals surface area contributed by atoms with E-state index in [1.807, 2.05) is 24.3 Å². The summed E-state index contributed by atoms with van der Waals surface area (Å²) in [4.78, 5) is 13.4. The first-order valence-electron chi connectivity index (χ1n) is 7.26. The van der Waals surface area contributed by atoms with Gasteiger partial charge in [0.05, 0.1) is 6.10 Å². The summed E-state index contributed by atoms with van der Waals surface area (Å²) in [5, 5.41) is 6.35. The van der Waals surface area contributed by atoms with Crippen molar-refractivity contribution >= 4 is 17.4 Å². The molecule has 2 amide bonds. The van der Waals surface area contributed by atoms with Crippen molar-refractivity contribution in [3.63, 3.8) is 0 Å². The second-order valence-corrected chi connectivity index (χ2v) is 5.48. The van der Waals surface area contributed by atoms with E-state index < -0.39 is 0 Å². The van der Waals surface area contributed by atoms with Crippen molar-refractivity contribution in [2.75, 3.05) is 29.9 Å². The number of urea groups is 1. The summed E-state index contributed by atoms with van der Waals surface area (Å²) in [6, 6.07) is 8.54. The third-order valence-corrected chi connectivity index (χ3v) is 3.89. The van der Waals surface area contributed by atoms with E-state index in [0.29, 0.717) is 12.1 Å². The Morgan fingerprint density at radius 3 is 2.80 bits per heavy atom. The highest BCUT2D eigenvalue weighted by Gasteiger charge is 2.21. The van der Waals surface area contributed by atoms with Gasteiger partial charge in [0.2, 0.25) is 0 Å². The predicted molar refractivity (Wildman–Crippen MR) is 79.2 cm³/mol. The second kappa shape index (κ2) is 5.71. The first kappa shape index (κ1) is 13.2. The Balaban J connectivity index is 1.62. The summed E-state index contributed by atoms with van der Waals surface area (Å²) in [5.41, 5.74) is 2.05. The summed E-state index contributed by atoms with van der Waals surface area (Å²) >= 11 is 0. The van der Waals surface area contributed by atoms with Gasteiger partial charge in [-0.15, -0.1) is 0 Å². The molecule has 1 aromatic rings. The van der Waals surface area contributed by atoms with Crippen molar-refractivity contribution in [1.29, 1.82) is 0 Å². The van der Waals surface area contributed by atoms with Crippen molar-refractivity contribution < 1.29 is 9.53 Å². The molecular weight excluding hydrogens is 254 g/mol. The third-order valence-electron chi connectivity index (χ3n) is 3.89. The van der Waals surface area contributed by atoms with Gasteiger partial charge in [0, 0.05) is 37.1 Å². The van der Waals surface area contributed by atoms with Crippen molar-refractivity contribution in [1.82, 2.24) is 5.32 Å². The van der Waals surface area contributed by atoms with Crippen LogP contribution in [-0.2, 0) is 4.74 Å². The number of ether oxygens (including phenoxy) is 1. The van der Waals surface area contributed by atoms with E-state index in [0.717, 1.165) is 43.9 Å². The Morgan fingerprint density at radius 2 is 2.15 bits per heavy atom. The van der Waals surface area contributed by atoms with E-state index in [2.05, 4.69) is 17.6 Å². The van der Waals surface area contributed by atoms with Gasteiger partial charge in [-0.25, -0.2) is 4.79 Å². The standard InChI is InChI=1S/C15H21N3O2/c1-11-10-13(6-9-20-11)17-12-2-4-14(5-3-12)18-8-7-16-15(18)19/h2-5,11,13,17H,6-10H2,1H3,(H,16,19). The maximum Gasteiger partial charge on any atom is 0.321 e. The molecular formula is C15H21N3O2. The van der Waals surface area contributed by atoms with Gasteiger partial charge >= 0.3 is 6.03 Å². The zero-order chi connectivity index (χ0) is 13.9. The largest absolute Gasteiger partial charge is 0.382 e. The van der Waals surface area contributed by atoms with Crippen LogP contribution in [0.15, 0.2) is 24.3 Å². The smallest absolute Gasteiger partial charge is 0.321 e. The predicted octanol–water partition coefficient (Wildman–Crippen LogP) is 2.20. The fourth-order valence-electron chi connectivity index (χ4n) is 2.82. The minimum Gasteiger partial charge on any atom is -0.382 e. The van der Waals surface area contributed by atoms with E-state index >= 15 is 0 Å². The molecule has 5 heteroatoms. The molecule has 0 aromatic heterocycles. The molecule has 0 radical (unpaired) electrons. The number of hydrogen-bond acceptors (Lipinski definition) is 3. The molecule has 5 nitrogen and oxygen atoms in total. The molecule has 20 heavy (non-hydrogen) atoms. The number of amides is 2. The van der Waals surface area contributed by atoms with Crippen LogP contribution in [0.4, 0.5) is 16.2 Å². The Bertz CT molecular complexity index is 475. The van der Waals surface area contributed by atoms with Gasteiger partial charge in [-0.3, -0.25) is 4.90 Å². The lowest BCUT2D eigenvalue weighted by Gasteiger charge is -2.28. The summed E-state index contributed by atoms with van der Waals surface area (Å²) in [6.45, 7) is 4.40. The highest BCUT2D eigenvalue weighted by atomic mass is 16.5. The van der Waals surface area contributed by atoms with E-state index in [4.69, 9.17) is 4.74 Å². The third kappa shape index (κ3) is 2.88. The number of nitrogens with one attached hydrogen (secondary N) is 2. The van der Waals surface area contributed by atoms with Crippen LogP contribution in [0.1, 0.15) is 19.8 Å². The monoisotopic (exact) mass is 275 g/mol. The van der Waals surface area contributed by atoms with Crippen LogP contribution in [-0.4, -0.2) is 37.9 Å². The molecule has 2 saturated heterocycles. The fraction of sp³-hybridized carbons (Fsp3) is 0.533. The number of rotatable bonds is 3. The second-order valence-electron chi connectivity index (χ2n) is 5.48. The lowest BCUT2D eigenvalue weighted by Crippen LogP contribution is -2.32. The number of benzene rings is 1. The van der Waals surface area contributed by atoms with Crippen LogP contribution >= 0.6 is 0 Å². The van der Waals surface area contributed by atoms with E-state index in [9.17, 15) is 4.79 Å². The minimum atomic E-state index is -0.0102. The molecule has 2 N–H and O–H groups in total. The molecule has 0 saturated carbocycles. The van der Waals surface area contributed by atoms with Crippen LogP contribution in [0.25, 0.3) is 0 Å². The highest BCUT2D eigenvalue weighted by Crippen LogP contribution is 2.22. The summed E-state index contributed by atoms with van der Waals surface area (Å²) in [5.74, 6) is 0. The molecule has 3 rings (SSSR count). The van der Waals surface area contributed by atoms with Crippen molar-refractivity contribution in [2.45, 2.75) is 31.9 Å². The molecule has 0 bridgehead atoms. The molecule has 2 aliphatic heterocycles. The van der Waals surface area contributed by atoms with Crippen LogP contribution in [0.5, 0.6) is 0 Å². The van der Waals surface area contributed by atoms with Crippen LogP contribution in [0.2, 0.25) is 0 Å². The normalized spacial score (nSPS) is 26.4. The molecule has 2 fully saturated rings. The lowest BCUT2D eigenvalue weighted by atomic mass is 10.0. The summed E-state index contributed by atoms with van der Waals surface area (Å²) < 4.78 is 5.55. The Hall–Kier alpha value is -1.75. The first-order valence-corrected chi connectivity index (χ1v) is 7.26. The average Bonchev–Trinajstić information content (AvgIpc) is 2.86. The molecule has 1 aromatic carbocycles. The highest BCUT2D eigenvalue weighted by molar-refractivity contribution is 5.94. The van der Waals surface area contributed by atoms with E-state index in [1.54, 1.807) is 4.90 Å². The van der Waals surface area contributed by atoms with Gasteiger partial charge in [0.15, 0.2) is 0 Å². The van der Waals surface area contributed by atoms with Gasteiger partial charge in [0.25, 0.3) is 0 Å². The van der Waals surface area contributed by atoms with Gasteiger partial charge < -0.3 is 15.4 Å². The van der Waals surface area contributed by atoms with E-state index in [-0.39, 0.29) is 6.03 Å². The maximum atomic E-state index is 11.6. The SMILES string of the molecule is CC1CC(Nc2ccc(N3CCNC3=O)cc2)CCO1.